The summed E-state index contributed by atoms with van der Waals surface area (Å²) >= 11 is 1.90. The molecule has 2 nitrogen and oxygen atoms in total. The second-order valence-corrected chi connectivity index (χ2v) is 4.00. The van der Waals surface area contributed by atoms with Crippen molar-refractivity contribution in [2.24, 2.45) is 0 Å². The standard InChI is InChI=1S/C7H13NOS/c1-2-10-6-3-4-8-7(9)5-6/h6H,2-5H2,1H3,(H,8,9). The van der Waals surface area contributed by atoms with Crippen LogP contribution in [0, 0.1) is 0 Å². The van der Waals surface area contributed by atoms with Crippen LogP contribution in [0.1, 0.15) is 19.8 Å². The highest BCUT2D eigenvalue weighted by atomic mass is 32.2. The van der Waals surface area contributed by atoms with Gasteiger partial charge in [-0.05, 0) is 12.2 Å². The lowest BCUT2D eigenvalue weighted by molar-refractivity contribution is -0.121. The molecule has 1 atom stereocenters. The van der Waals surface area contributed by atoms with Crippen LogP contribution in [0.4, 0.5) is 0 Å². The summed E-state index contributed by atoms with van der Waals surface area (Å²) in [6.45, 7) is 3.01. The zero-order valence-corrected chi connectivity index (χ0v) is 7.04. The van der Waals surface area contributed by atoms with Crippen molar-refractivity contribution in [1.29, 1.82) is 0 Å². The van der Waals surface area contributed by atoms with E-state index >= 15 is 0 Å². The third-order valence-corrected chi connectivity index (χ3v) is 2.81. The number of amides is 1. The normalized spacial score (nSPS) is 26.1. The summed E-state index contributed by atoms with van der Waals surface area (Å²) in [6.07, 6.45) is 1.86. The molecule has 1 aliphatic heterocycles. The van der Waals surface area contributed by atoms with Gasteiger partial charge in [-0.15, -0.1) is 0 Å². The van der Waals surface area contributed by atoms with Crippen molar-refractivity contribution >= 4 is 17.7 Å². The highest BCUT2D eigenvalue weighted by Crippen LogP contribution is 2.19. The number of piperidine rings is 1. The van der Waals surface area contributed by atoms with Gasteiger partial charge in [0.25, 0.3) is 0 Å². The molecule has 0 saturated carbocycles. The number of thioether (sulfide) groups is 1. The molecule has 1 rings (SSSR count). The molecule has 1 fully saturated rings. The van der Waals surface area contributed by atoms with Gasteiger partial charge in [0.15, 0.2) is 0 Å². The van der Waals surface area contributed by atoms with Gasteiger partial charge in [0.2, 0.25) is 5.91 Å². The zero-order chi connectivity index (χ0) is 7.40. The Morgan fingerprint density at radius 1 is 1.80 bits per heavy atom. The fourth-order valence-corrected chi connectivity index (χ4v) is 2.16. The van der Waals surface area contributed by atoms with E-state index in [0.29, 0.717) is 5.25 Å². The summed E-state index contributed by atoms with van der Waals surface area (Å²) in [5, 5.41) is 3.40. The Hall–Kier alpha value is -0.180. The fourth-order valence-electron chi connectivity index (χ4n) is 1.13. The Bertz CT molecular complexity index is 125. The summed E-state index contributed by atoms with van der Waals surface area (Å²) in [4.78, 5) is 10.8. The van der Waals surface area contributed by atoms with E-state index in [2.05, 4.69) is 12.2 Å². The molecule has 1 heterocycles. The number of carbonyl (C=O) groups is 1. The lowest BCUT2D eigenvalue weighted by atomic mass is 10.1. The lowest BCUT2D eigenvalue weighted by Gasteiger charge is -2.20. The minimum atomic E-state index is 0.220. The molecule has 0 aliphatic carbocycles. The minimum Gasteiger partial charge on any atom is -0.356 e. The topological polar surface area (TPSA) is 29.1 Å². The number of rotatable bonds is 2. The summed E-state index contributed by atoms with van der Waals surface area (Å²) in [5.74, 6) is 1.34. The van der Waals surface area contributed by atoms with E-state index in [-0.39, 0.29) is 5.91 Å². The Morgan fingerprint density at radius 3 is 3.20 bits per heavy atom. The van der Waals surface area contributed by atoms with E-state index in [1.54, 1.807) is 0 Å². The molecule has 0 aromatic rings. The SMILES string of the molecule is CCSC1CCNC(=O)C1. The molecule has 1 saturated heterocycles. The van der Waals surface area contributed by atoms with E-state index in [1.807, 2.05) is 11.8 Å². The number of hydrogen-bond donors (Lipinski definition) is 1. The molecule has 0 spiro atoms. The first-order valence-corrected chi connectivity index (χ1v) is 4.76. The van der Waals surface area contributed by atoms with Gasteiger partial charge < -0.3 is 5.32 Å². The smallest absolute Gasteiger partial charge is 0.221 e. The second-order valence-electron chi connectivity index (χ2n) is 2.42. The Balaban J connectivity index is 2.25. The molecule has 1 amide bonds. The summed E-state index contributed by atoms with van der Waals surface area (Å²) < 4.78 is 0. The van der Waals surface area contributed by atoms with Crippen LogP contribution in [0.2, 0.25) is 0 Å². The van der Waals surface area contributed by atoms with Crippen molar-refractivity contribution in [2.45, 2.75) is 25.0 Å². The molecule has 1 unspecified atom stereocenters. The van der Waals surface area contributed by atoms with Crippen LogP contribution < -0.4 is 5.32 Å². The summed E-state index contributed by atoms with van der Waals surface area (Å²) in [7, 11) is 0. The molecular formula is C7H13NOS. The lowest BCUT2D eigenvalue weighted by Crippen LogP contribution is -2.34. The van der Waals surface area contributed by atoms with Crippen molar-refractivity contribution in [3.05, 3.63) is 0 Å². The summed E-state index contributed by atoms with van der Waals surface area (Å²) in [6, 6.07) is 0. The van der Waals surface area contributed by atoms with Crippen molar-refractivity contribution in [1.82, 2.24) is 5.32 Å². The van der Waals surface area contributed by atoms with Crippen molar-refractivity contribution in [2.75, 3.05) is 12.3 Å². The van der Waals surface area contributed by atoms with Crippen LogP contribution in [0.3, 0.4) is 0 Å². The highest BCUT2D eigenvalue weighted by Gasteiger charge is 2.17. The third-order valence-electron chi connectivity index (χ3n) is 1.60. The maximum Gasteiger partial charge on any atom is 0.221 e. The van der Waals surface area contributed by atoms with E-state index in [4.69, 9.17) is 0 Å². The van der Waals surface area contributed by atoms with Gasteiger partial charge >= 0.3 is 0 Å². The Morgan fingerprint density at radius 2 is 2.60 bits per heavy atom. The van der Waals surface area contributed by atoms with Crippen LogP contribution in [-0.4, -0.2) is 23.5 Å². The number of nitrogens with one attached hydrogen (secondary N) is 1. The average molecular weight is 159 g/mol. The fraction of sp³-hybridized carbons (Fsp3) is 0.857. The van der Waals surface area contributed by atoms with E-state index < -0.39 is 0 Å². The van der Waals surface area contributed by atoms with Gasteiger partial charge in [-0.1, -0.05) is 6.92 Å². The molecule has 10 heavy (non-hydrogen) atoms. The summed E-state index contributed by atoms with van der Waals surface area (Å²) in [5.41, 5.74) is 0. The average Bonchev–Trinajstić information content (AvgIpc) is 1.88. The van der Waals surface area contributed by atoms with Crippen LogP contribution in [0.5, 0.6) is 0 Å². The maximum atomic E-state index is 10.8. The minimum absolute atomic E-state index is 0.220. The molecular weight excluding hydrogens is 146 g/mol. The predicted octanol–water partition coefficient (Wildman–Crippen LogP) is 1.02. The predicted molar refractivity (Wildman–Crippen MR) is 44.2 cm³/mol. The molecule has 0 aromatic heterocycles. The third kappa shape index (κ3) is 2.21. The van der Waals surface area contributed by atoms with Crippen molar-refractivity contribution < 1.29 is 4.79 Å². The van der Waals surface area contributed by atoms with Gasteiger partial charge in [-0.25, -0.2) is 0 Å². The van der Waals surface area contributed by atoms with Crippen molar-refractivity contribution in [3.63, 3.8) is 0 Å². The first-order valence-electron chi connectivity index (χ1n) is 3.71. The molecule has 1 N–H and O–H groups in total. The first-order chi connectivity index (χ1) is 4.83. The van der Waals surface area contributed by atoms with Gasteiger partial charge in [0.1, 0.15) is 0 Å². The van der Waals surface area contributed by atoms with Crippen LogP contribution in [0.25, 0.3) is 0 Å². The second kappa shape index (κ2) is 3.86. The highest BCUT2D eigenvalue weighted by molar-refractivity contribution is 7.99. The van der Waals surface area contributed by atoms with Gasteiger partial charge in [-0.3, -0.25) is 4.79 Å². The van der Waals surface area contributed by atoms with E-state index in [1.165, 1.54) is 0 Å². The van der Waals surface area contributed by atoms with Crippen LogP contribution >= 0.6 is 11.8 Å². The first kappa shape index (κ1) is 7.92. The zero-order valence-electron chi connectivity index (χ0n) is 6.22. The van der Waals surface area contributed by atoms with Crippen LogP contribution in [-0.2, 0) is 4.79 Å². The van der Waals surface area contributed by atoms with E-state index in [0.717, 1.165) is 25.1 Å². The molecule has 0 bridgehead atoms. The van der Waals surface area contributed by atoms with Gasteiger partial charge in [-0.2, -0.15) is 11.8 Å². The quantitative estimate of drug-likeness (QED) is 0.651. The molecule has 1 aliphatic rings. The largest absolute Gasteiger partial charge is 0.356 e. The molecule has 3 heteroatoms. The maximum absolute atomic E-state index is 10.8. The Labute approximate surface area is 65.8 Å². The number of carbonyl (C=O) groups excluding carboxylic acids is 1. The Kier molecular flexibility index (Phi) is 3.06. The molecule has 58 valence electrons. The van der Waals surface area contributed by atoms with Crippen molar-refractivity contribution in [3.8, 4) is 0 Å². The molecule has 0 aromatic carbocycles. The number of hydrogen-bond acceptors (Lipinski definition) is 2. The molecule has 0 radical (unpaired) electrons. The monoisotopic (exact) mass is 159 g/mol. The van der Waals surface area contributed by atoms with Gasteiger partial charge in [0, 0.05) is 18.2 Å². The van der Waals surface area contributed by atoms with Crippen LogP contribution in [0.15, 0.2) is 0 Å². The van der Waals surface area contributed by atoms with Gasteiger partial charge in [0.05, 0.1) is 0 Å². The van der Waals surface area contributed by atoms with E-state index in [9.17, 15) is 4.79 Å².